The van der Waals surface area contributed by atoms with Crippen LogP contribution in [0.25, 0.3) is 5.69 Å². The molecule has 1 fully saturated rings. The minimum absolute atomic E-state index is 0.190. The van der Waals surface area contributed by atoms with Crippen LogP contribution in [0.5, 0.6) is 11.5 Å². The highest BCUT2D eigenvalue weighted by molar-refractivity contribution is 5.91. The molecular formula is C23H22N4O3. The minimum atomic E-state index is -0.304. The SMILES string of the molecule is CCOc1cc(C#N)ccc1OCC(=O)Nc1cc(C2CC2)nn1-c1ccccc1. The number of aromatic nitrogens is 2. The van der Waals surface area contributed by atoms with Gasteiger partial charge in [0, 0.05) is 18.1 Å². The summed E-state index contributed by atoms with van der Waals surface area (Å²) in [6, 6.07) is 18.5. The Bertz CT molecular complexity index is 1080. The third-order valence-corrected chi connectivity index (χ3v) is 4.72. The van der Waals surface area contributed by atoms with Crippen LogP contribution in [0.3, 0.4) is 0 Å². The molecule has 152 valence electrons. The molecule has 1 saturated carbocycles. The smallest absolute Gasteiger partial charge is 0.263 e. The van der Waals surface area contributed by atoms with Gasteiger partial charge in [0.2, 0.25) is 0 Å². The molecule has 1 amide bonds. The molecule has 0 spiro atoms. The summed E-state index contributed by atoms with van der Waals surface area (Å²) in [6.45, 7) is 2.08. The van der Waals surface area contributed by atoms with Crippen molar-refractivity contribution in [2.24, 2.45) is 0 Å². The third kappa shape index (κ3) is 4.44. The number of benzene rings is 2. The predicted molar refractivity (Wildman–Crippen MR) is 112 cm³/mol. The lowest BCUT2D eigenvalue weighted by Crippen LogP contribution is -2.22. The average molecular weight is 402 g/mol. The number of hydrogen-bond acceptors (Lipinski definition) is 5. The van der Waals surface area contributed by atoms with E-state index in [9.17, 15) is 4.79 Å². The zero-order valence-electron chi connectivity index (χ0n) is 16.7. The van der Waals surface area contributed by atoms with Crippen molar-refractivity contribution < 1.29 is 14.3 Å². The lowest BCUT2D eigenvalue weighted by atomic mass is 10.2. The average Bonchev–Trinajstić information content (AvgIpc) is 3.54. The van der Waals surface area contributed by atoms with Crippen molar-refractivity contribution in [2.45, 2.75) is 25.7 Å². The number of amides is 1. The molecule has 0 radical (unpaired) electrons. The van der Waals surface area contributed by atoms with Crippen LogP contribution >= 0.6 is 0 Å². The van der Waals surface area contributed by atoms with Crippen LogP contribution in [-0.4, -0.2) is 28.9 Å². The Balaban J connectivity index is 1.48. The Kier molecular flexibility index (Phi) is 5.66. The summed E-state index contributed by atoms with van der Waals surface area (Å²) in [4.78, 5) is 12.6. The molecule has 30 heavy (non-hydrogen) atoms. The molecule has 7 heteroatoms. The Hall–Kier alpha value is -3.79. The highest BCUT2D eigenvalue weighted by Gasteiger charge is 2.28. The molecule has 1 N–H and O–H groups in total. The van der Waals surface area contributed by atoms with E-state index in [-0.39, 0.29) is 12.5 Å². The molecule has 2 aromatic carbocycles. The Morgan fingerprint density at radius 1 is 1.17 bits per heavy atom. The van der Waals surface area contributed by atoms with E-state index in [0.717, 1.165) is 24.2 Å². The van der Waals surface area contributed by atoms with Crippen LogP contribution in [0.4, 0.5) is 5.82 Å². The zero-order valence-corrected chi connectivity index (χ0v) is 16.7. The molecule has 0 bridgehead atoms. The van der Waals surface area contributed by atoms with E-state index in [4.69, 9.17) is 14.7 Å². The van der Waals surface area contributed by atoms with Crippen molar-refractivity contribution in [3.05, 3.63) is 65.9 Å². The summed E-state index contributed by atoms with van der Waals surface area (Å²) in [6.07, 6.45) is 2.25. The molecular weight excluding hydrogens is 380 g/mol. The lowest BCUT2D eigenvalue weighted by Gasteiger charge is -2.12. The highest BCUT2D eigenvalue weighted by atomic mass is 16.5. The van der Waals surface area contributed by atoms with Crippen LogP contribution < -0.4 is 14.8 Å². The molecule has 0 saturated heterocycles. The summed E-state index contributed by atoms with van der Waals surface area (Å²) < 4.78 is 12.9. The van der Waals surface area contributed by atoms with Gasteiger partial charge in [-0.2, -0.15) is 10.4 Å². The van der Waals surface area contributed by atoms with Gasteiger partial charge in [-0.15, -0.1) is 0 Å². The number of carbonyl (C=O) groups excluding carboxylic acids is 1. The fourth-order valence-electron chi connectivity index (χ4n) is 3.12. The second kappa shape index (κ2) is 8.70. The van der Waals surface area contributed by atoms with Gasteiger partial charge in [-0.25, -0.2) is 4.68 Å². The van der Waals surface area contributed by atoms with Gasteiger partial charge in [0.15, 0.2) is 18.1 Å². The van der Waals surface area contributed by atoms with Crippen molar-refractivity contribution in [1.82, 2.24) is 9.78 Å². The molecule has 1 aliphatic rings. The first kappa shape index (κ1) is 19.5. The maximum Gasteiger partial charge on any atom is 0.263 e. The summed E-state index contributed by atoms with van der Waals surface area (Å²) in [7, 11) is 0. The van der Waals surface area contributed by atoms with Crippen LogP contribution in [0.2, 0.25) is 0 Å². The number of nitriles is 1. The zero-order chi connectivity index (χ0) is 20.9. The van der Waals surface area contributed by atoms with Crippen LogP contribution in [0.15, 0.2) is 54.6 Å². The Morgan fingerprint density at radius 2 is 1.97 bits per heavy atom. The maximum absolute atomic E-state index is 12.6. The Labute approximate surface area is 174 Å². The number of para-hydroxylation sites is 1. The van der Waals surface area contributed by atoms with E-state index < -0.39 is 0 Å². The van der Waals surface area contributed by atoms with Crippen molar-refractivity contribution >= 4 is 11.7 Å². The fraction of sp³-hybridized carbons (Fsp3) is 0.261. The number of hydrogen-bond donors (Lipinski definition) is 1. The number of ether oxygens (including phenoxy) is 2. The normalized spacial score (nSPS) is 12.8. The maximum atomic E-state index is 12.6. The van der Waals surface area contributed by atoms with Gasteiger partial charge in [-0.3, -0.25) is 4.79 Å². The van der Waals surface area contributed by atoms with Gasteiger partial charge in [0.1, 0.15) is 5.82 Å². The molecule has 3 aromatic rings. The molecule has 0 unspecified atom stereocenters. The van der Waals surface area contributed by atoms with Crippen molar-refractivity contribution in [2.75, 3.05) is 18.5 Å². The summed E-state index contributed by atoms with van der Waals surface area (Å²) >= 11 is 0. The Morgan fingerprint density at radius 3 is 2.67 bits per heavy atom. The van der Waals surface area contributed by atoms with Gasteiger partial charge in [-0.1, -0.05) is 18.2 Å². The lowest BCUT2D eigenvalue weighted by molar-refractivity contribution is -0.118. The van der Waals surface area contributed by atoms with E-state index in [0.29, 0.717) is 35.4 Å². The third-order valence-electron chi connectivity index (χ3n) is 4.72. The number of nitrogens with one attached hydrogen (secondary N) is 1. The number of nitrogens with zero attached hydrogens (tertiary/aromatic N) is 3. The van der Waals surface area contributed by atoms with Gasteiger partial charge >= 0.3 is 0 Å². The molecule has 0 atom stereocenters. The first-order valence-electron chi connectivity index (χ1n) is 9.93. The second-order valence-electron chi connectivity index (χ2n) is 7.02. The highest BCUT2D eigenvalue weighted by Crippen LogP contribution is 2.40. The standard InChI is InChI=1S/C23H22N4O3/c1-2-29-21-12-16(14-24)8-11-20(21)30-15-23(28)25-22-13-19(17-9-10-17)26-27(22)18-6-4-3-5-7-18/h3-8,11-13,17H,2,9-10,15H2,1H3,(H,25,28). The molecule has 7 nitrogen and oxygen atoms in total. The van der Waals surface area contributed by atoms with Gasteiger partial charge < -0.3 is 14.8 Å². The molecule has 0 aliphatic heterocycles. The predicted octanol–water partition coefficient (Wildman–Crippen LogP) is 4.04. The van der Waals surface area contributed by atoms with Crippen LogP contribution in [0, 0.1) is 11.3 Å². The fourth-order valence-corrected chi connectivity index (χ4v) is 3.12. The van der Waals surface area contributed by atoms with Crippen LogP contribution in [0.1, 0.15) is 36.9 Å². The summed E-state index contributed by atoms with van der Waals surface area (Å²) in [5.41, 5.74) is 2.33. The first-order valence-corrected chi connectivity index (χ1v) is 9.93. The second-order valence-corrected chi connectivity index (χ2v) is 7.02. The van der Waals surface area contributed by atoms with Crippen LogP contribution in [-0.2, 0) is 4.79 Å². The van der Waals surface area contributed by atoms with Crippen molar-refractivity contribution in [3.63, 3.8) is 0 Å². The van der Waals surface area contributed by atoms with Gasteiger partial charge in [0.25, 0.3) is 5.91 Å². The monoisotopic (exact) mass is 402 g/mol. The number of carbonyl (C=O) groups is 1. The van der Waals surface area contributed by atoms with E-state index in [1.165, 1.54) is 0 Å². The van der Waals surface area contributed by atoms with Crippen molar-refractivity contribution in [1.29, 1.82) is 5.26 Å². The quantitative estimate of drug-likeness (QED) is 0.614. The van der Waals surface area contributed by atoms with E-state index >= 15 is 0 Å². The number of rotatable bonds is 8. The largest absolute Gasteiger partial charge is 0.490 e. The molecule has 1 heterocycles. The topological polar surface area (TPSA) is 89.2 Å². The first-order chi connectivity index (χ1) is 14.7. The molecule has 4 rings (SSSR count). The molecule has 1 aliphatic carbocycles. The van der Waals surface area contributed by atoms with E-state index in [1.54, 1.807) is 22.9 Å². The van der Waals surface area contributed by atoms with E-state index in [1.807, 2.05) is 43.3 Å². The number of anilines is 1. The van der Waals surface area contributed by atoms with E-state index in [2.05, 4.69) is 16.5 Å². The summed E-state index contributed by atoms with van der Waals surface area (Å²) in [5, 5.41) is 16.6. The minimum Gasteiger partial charge on any atom is -0.490 e. The van der Waals surface area contributed by atoms with Gasteiger partial charge in [0.05, 0.1) is 29.6 Å². The van der Waals surface area contributed by atoms with Gasteiger partial charge in [-0.05, 0) is 44.0 Å². The molecule has 1 aromatic heterocycles. The van der Waals surface area contributed by atoms with Crippen molar-refractivity contribution in [3.8, 4) is 23.3 Å². The summed E-state index contributed by atoms with van der Waals surface area (Å²) in [5.74, 6) is 1.63.